The van der Waals surface area contributed by atoms with Crippen molar-refractivity contribution in [3.8, 4) is 0 Å². The first-order valence-corrected chi connectivity index (χ1v) is 10.7. The Labute approximate surface area is 164 Å². The molecular weight excluding hydrogens is 380 g/mol. The molecule has 2 aromatic rings. The van der Waals surface area contributed by atoms with E-state index in [0.717, 1.165) is 12.8 Å². The molecule has 1 fully saturated rings. The summed E-state index contributed by atoms with van der Waals surface area (Å²) in [6, 6.07) is 6.25. The van der Waals surface area contributed by atoms with Gasteiger partial charge in [0, 0.05) is 36.5 Å². The Balaban J connectivity index is 1.67. The number of aromatic amines is 1. The first kappa shape index (κ1) is 20.2. The van der Waals surface area contributed by atoms with Gasteiger partial charge in [-0.25, -0.2) is 13.4 Å². The van der Waals surface area contributed by atoms with Crippen molar-refractivity contribution in [1.29, 1.82) is 0 Å². The smallest absolute Gasteiger partial charge is 0.254 e. The van der Waals surface area contributed by atoms with Gasteiger partial charge in [-0.2, -0.15) is 4.31 Å². The molecule has 28 heavy (non-hydrogen) atoms. The van der Waals surface area contributed by atoms with E-state index >= 15 is 0 Å². The predicted molar refractivity (Wildman–Crippen MR) is 106 cm³/mol. The third-order valence-corrected chi connectivity index (χ3v) is 6.66. The maximum Gasteiger partial charge on any atom is 0.254 e. The summed E-state index contributed by atoms with van der Waals surface area (Å²) in [6.07, 6.45) is 2.08. The summed E-state index contributed by atoms with van der Waals surface area (Å²) >= 11 is 0. The molecule has 0 unspecified atom stereocenters. The summed E-state index contributed by atoms with van der Waals surface area (Å²) < 4.78 is 26.8. The summed E-state index contributed by atoms with van der Waals surface area (Å²) in [7, 11) is -3.54. The van der Waals surface area contributed by atoms with Crippen molar-refractivity contribution in [2.24, 2.45) is 0 Å². The van der Waals surface area contributed by atoms with E-state index in [-0.39, 0.29) is 29.2 Å². The number of nitrogens with zero attached hydrogens (tertiary/aromatic N) is 2. The topological polar surface area (TPSA) is 112 Å². The summed E-state index contributed by atoms with van der Waals surface area (Å²) in [6.45, 7) is 4.49. The number of hydrogen-bond donors (Lipinski definition) is 2. The molecule has 2 heterocycles. The lowest BCUT2D eigenvalue weighted by atomic mass is 10.1. The largest absolute Gasteiger partial charge is 0.326 e. The fourth-order valence-electron chi connectivity index (χ4n) is 3.32. The number of rotatable bonds is 6. The zero-order valence-electron chi connectivity index (χ0n) is 16.0. The Bertz CT molecular complexity index is 1040. The minimum absolute atomic E-state index is 0.0950. The highest BCUT2D eigenvalue weighted by atomic mass is 32.2. The van der Waals surface area contributed by atoms with Crippen LogP contribution < -0.4 is 10.9 Å². The van der Waals surface area contributed by atoms with Gasteiger partial charge in [-0.15, -0.1) is 0 Å². The molecule has 0 spiro atoms. The molecule has 0 bridgehead atoms. The van der Waals surface area contributed by atoms with Crippen LogP contribution >= 0.6 is 0 Å². The van der Waals surface area contributed by atoms with E-state index in [0.29, 0.717) is 35.9 Å². The number of nitrogens with one attached hydrogen (secondary N) is 2. The second-order valence-electron chi connectivity index (χ2n) is 6.90. The molecule has 8 nitrogen and oxygen atoms in total. The summed E-state index contributed by atoms with van der Waals surface area (Å²) in [5.74, 6) is 0.238. The maximum atomic E-state index is 12.7. The summed E-state index contributed by atoms with van der Waals surface area (Å²) in [4.78, 5) is 31.3. The van der Waals surface area contributed by atoms with Crippen molar-refractivity contribution in [3.63, 3.8) is 0 Å². The highest BCUT2D eigenvalue weighted by Gasteiger charge is 2.27. The third kappa shape index (κ3) is 4.48. The van der Waals surface area contributed by atoms with Crippen molar-refractivity contribution in [3.05, 3.63) is 51.7 Å². The minimum Gasteiger partial charge on any atom is -0.326 e. The first-order chi connectivity index (χ1) is 13.3. The van der Waals surface area contributed by atoms with E-state index in [1.54, 1.807) is 26.0 Å². The first-order valence-electron chi connectivity index (χ1n) is 9.24. The average molecular weight is 404 g/mol. The molecule has 1 saturated heterocycles. The van der Waals surface area contributed by atoms with E-state index in [9.17, 15) is 18.0 Å². The molecule has 1 aliphatic heterocycles. The quantitative estimate of drug-likeness (QED) is 0.762. The molecule has 1 aliphatic rings. The second-order valence-corrected chi connectivity index (χ2v) is 8.84. The fraction of sp³-hybridized carbons (Fsp3) is 0.421. The Morgan fingerprint density at radius 2 is 1.96 bits per heavy atom. The van der Waals surface area contributed by atoms with Crippen molar-refractivity contribution in [1.82, 2.24) is 14.3 Å². The van der Waals surface area contributed by atoms with Crippen molar-refractivity contribution in [2.75, 3.05) is 18.4 Å². The van der Waals surface area contributed by atoms with Crippen molar-refractivity contribution >= 4 is 21.6 Å². The number of amides is 1. The van der Waals surface area contributed by atoms with Gasteiger partial charge in [0.2, 0.25) is 15.9 Å². The number of aryl methyl sites for hydroxylation is 2. The molecule has 0 atom stereocenters. The van der Waals surface area contributed by atoms with Gasteiger partial charge in [-0.1, -0.05) is 6.07 Å². The van der Waals surface area contributed by atoms with Gasteiger partial charge in [0.1, 0.15) is 5.82 Å². The monoisotopic (exact) mass is 404 g/mol. The number of sulfonamides is 1. The molecule has 1 aromatic heterocycles. The zero-order chi connectivity index (χ0) is 20.3. The third-order valence-electron chi connectivity index (χ3n) is 4.76. The number of H-pyrrole nitrogens is 1. The van der Waals surface area contributed by atoms with E-state index in [1.807, 2.05) is 0 Å². The van der Waals surface area contributed by atoms with Crippen molar-refractivity contribution < 1.29 is 13.2 Å². The number of hydrogen-bond acceptors (Lipinski definition) is 5. The van der Waals surface area contributed by atoms with Crippen LogP contribution in [0.25, 0.3) is 0 Å². The Kier molecular flexibility index (Phi) is 5.95. The number of benzene rings is 1. The maximum absolute atomic E-state index is 12.7. The zero-order valence-corrected chi connectivity index (χ0v) is 16.8. The molecule has 2 N–H and O–H groups in total. The van der Waals surface area contributed by atoms with Crippen LogP contribution in [0.3, 0.4) is 0 Å². The molecular formula is C19H24N4O4S. The fourth-order valence-corrected chi connectivity index (χ4v) is 4.88. The predicted octanol–water partition coefficient (Wildman–Crippen LogP) is 1.74. The standard InChI is InChI=1S/C19H24N4O4S/c1-13-17(19(25)21-14(2)20-13)8-9-18(24)22-15-6-5-7-16(12-15)28(26,27)23-10-3-4-11-23/h5-7,12H,3-4,8-11H2,1-2H3,(H,22,24)(H,20,21,25). The molecule has 1 amide bonds. The van der Waals surface area contributed by atoms with Crippen LogP contribution in [0, 0.1) is 13.8 Å². The molecule has 1 aromatic carbocycles. The second kappa shape index (κ2) is 8.24. The molecule has 0 saturated carbocycles. The number of carbonyl (C=O) groups excluding carboxylic acids is 1. The van der Waals surface area contributed by atoms with E-state index < -0.39 is 10.0 Å². The average Bonchev–Trinajstić information content (AvgIpc) is 3.16. The van der Waals surface area contributed by atoms with E-state index in [1.165, 1.54) is 16.4 Å². The lowest BCUT2D eigenvalue weighted by molar-refractivity contribution is -0.116. The lowest BCUT2D eigenvalue weighted by Crippen LogP contribution is -2.28. The van der Waals surface area contributed by atoms with E-state index in [4.69, 9.17) is 0 Å². The number of anilines is 1. The van der Waals surface area contributed by atoms with Crippen molar-refractivity contribution in [2.45, 2.75) is 44.4 Å². The SMILES string of the molecule is Cc1nc(C)c(CCC(=O)Nc2cccc(S(=O)(=O)N3CCCC3)c2)c(=O)[nH]1. The highest BCUT2D eigenvalue weighted by molar-refractivity contribution is 7.89. The van der Waals surface area contributed by atoms with Gasteiger partial charge >= 0.3 is 0 Å². The van der Waals surface area contributed by atoms with Gasteiger partial charge in [-0.05, 0) is 51.3 Å². The molecule has 150 valence electrons. The minimum atomic E-state index is -3.54. The number of carbonyl (C=O) groups is 1. The van der Waals surface area contributed by atoms with Gasteiger partial charge in [0.05, 0.1) is 4.90 Å². The summed E-state index contributed by atoms with van der Waals surface area (Å²) in [5, 5.41) is 2.71. The van der Waals surface area contributed by atoms with Crippen LogP contribution in [-0.2, 0) is 21.2 Å². The molecule has 0 aliphatic carbocycles. The van der Waals surface area contributed by atoms with Gasteiger partial charge in [-0.3, -0.25) is 9.59 Å². The van der Waals surface area contributed by atoms with Crippen LogP contribution in [0.5, 0.6) is 0 Å². The summed E-state index contributed by atoms with van der Waals surface area (Å²) in [5.41, 5.74) is 1.26. The molecule has 9 heteroatoms. The van der Waals surface area contributed by atoms with Gasteiger partial charge < -0.3 is 10.3 Å². The Morgan fingerprint density at radius 1 is 1.25 bits per heavy atom. The molecule has 3 rings (SSSR count). The van der Waals surface area contributed by atoms with Gasteiger partial charge in [0.15, 0.2) is 0 Å². The van der Waals surface area contributed by atoms with Crippen LogP contribution in [0.1, 0.15) is 36.3 Å². The lowest BCUT2D eigenvalue weighted by Gasteiger charge is -2.16. The van der Waals surface area contributed by atoms with E-state index in [2.05, 4.69) is 15.3 Å². The number of aromatic nitrogens is 2. The highest BCUT2D eigenvalue weighted by Crippen LogP contribution is 2.23. The van der Waals surface area contributed by atoms with Crippen LogP contribution in [0.2, 0.25) is 0 Å². The van der Waals surface area contributed by atoms with Gasteiger partial charge in [0.25, 0.3) is 5.56 Å². The van der Waals surface area contributed by atoms with Crippen LogP contribution in [-0.4, -0.2) is 41.7 Å². The normalized spacial score (nSPS) is 14.9. The molecule has 0 radical (unpaired) electrons. The Morgan fingerprint density at radius 3 is 2.64 bits per heavy atom. The van der Waals surface area contributed by atoms with Crippen LogP contribution in [0.15, 0.2) is 34.0 Å². The Hall–Kier alpha value is -2.52. The van der Waals surface area contributed by atoms with Crippen LogP contribution in [0.4, 0.5) is 5.69 Å².